The average molecular weight is 507 g/mol. The summed E-state index contributed by atoms with van der Waals surface area (Å²) in [5, 5.41) is 5.84. The maximum Gasteiger partial charge on any atom is 0.240 e. The predicted molar refractivity (Wildman–Crippen MR) is 135 cm³/mol. The molecule has 0 fully saturated rings. The molecular formula is C24H22N6O3S2. The van der Waals surface area contributed by atoms with Crippen LogP contribution >= 0.6 is 11.3 Å². The Morgan fingerprint density at radius 1 is 1.09 bits per heavy atom. The Balaban J connectivity index is 1.35. The van der Waals surface area contributed by atoms with E-state index in [1.54, 1.807) is 30.3 Å². The zero-order chi connectivity index (χ0) is 24.6. The first-order chi connectivity index (χ1) is 16.8. The minimum atomic E-state index is -3.68. The van der Waals surface area contributed by atoms with Gasteiger partial charge in [-0.05, 0) is 37.3 Å². The Hall–Kier alpha value is -3.67. The Kier molecular flexibility index (Phi) is 6.05. The molecule has 1 amide bonds. The van der Waals surface area contributed by atoms with Gasteiger partial charge in [0, 0.05) is 35.4 Å². The van der Waals surface area contributed by atoms with Crippen LogP contribution in [0, 0.1) is 6.92 Å². The third-order valence-electron chi connectivity index (χ3n) is 5.63. The Labute approximate surface area is 207 Å². The zero-order valence-corrected chi connectivity index (χ0v) is 20.7. The average Bonchev–Trinajstić information content (AvgIpc) is 3.24. The molecule has 178 valence electrons. The number of hydrogen-bond donors (Lipinski definition) is 2. The van der Waals surface area contributed by atoms with Gasteiger partial charge in [0.15, 0.2) is 0 Å². The van der Waals surface area contributed by atoms with Crippen molar-refractivity contribution in [3.8, 4) is 11.3 Å². The number of fused-ring (bicyclic) bond motifs is 3. The number of rotatable bonds is 6. The van der Waals surface area contributed by atoms with Crippen molar-refractivity contribution in [3.05, 3.63) is 76.4 Å². The molecule has 2 aromatic heterocycles. The number of thiazole rings is 1. The van der Waals surface area contributed by atoms with E-state index in [1.807, 2.05) is 36.6 Å². The summed E-state index contributed by atoms with van der Waals surface area (Å²) >= 11 is 1.47. The van der Waals surface area contributed by atoms with Gasteiger partial charge in [0.1, 0.15) is 0 Å². The lowest BCUT2D eigenvalue weighted by Gasteiger charge is -2.16. The van der Waals surface area contributed by atoms with Crippen LogP contribution in [-0.2, 0) is 27.8 Å². The molecule has 3 heterocycles. The fourth-order valence-corrected chi connectivity index (χ4v) is 5.41. The lowest BCUT2D eigenvalue weighted by atomic mass is 10.1. The molecular weight excluding hydrogens is 484 g/mol. The van der Waals surface area contributed by atoms with Crippen molar-refractivity contribution in [3.63, 3.8) is 0 Å². The molecule has 4 aromatic rings. The number of aromatic nitrogens is 3. The molecule has 0 atom stereocenters. The van der Waals surface area contributed by atoms with Crippen LogP contribution in [0.25, 0.3) is 11.3 Å². The van der Waals surface area contributed by atoms with Gasteiger partial charge in [-0.1, -0.05) is 18.2 Å². The first kappa shape index (κ1) is 23.1. The Bertz CT molecular complexity index is 1520. The fourth-order valence-electron chi connectivity index (χ4n) is 3.80. The molecule has 1 aliphatic heterocycles. The van der Waals surface area contributed by atoms with Crippen LogP contribution < -0.4 is 14.9 Å². The van der Waals surface area contributed by atoms with E-state index in [9.17, 15) is 13.2 Å². The van der Waals surface area contributed by atoms with E-state index >= 15 is 0 Å². The Morgan fingerprint density at radius 3 is 2.60 bits per heavy atom. The summed E-state index contributed by atoms with van der Waals surface area (Å²) in [5.41, 5.74) is 4.40. The van der Waals surface area contributed by atoms with Crippen molar-refractivity contribution in [2.24, 2.45) is 0 Å². The van der Waals surface area contributed by atoms with Crippen LogP contribution in [0.15, 0.2) is 65.0 Å². The molecule has 35 heavy (non-hydrogen) atoms. The van der Waals surface area contributed by atoms with Crippen LogP contribution in [0.1, 0.15) is 16.3 Å². The summed E-state index contributed by atoms with van der Waals surface area (Å²) < 4.78 is 27.8. The van der Waals surface area contributed by atoms with Gasteiger partial charge >= 0.3 is 0 Å². The maximum atomic E-state index is 12.6. The second kappa shape index (κ2) is 9.17. The van der Waals surface area contributed by atoms with Crippen molar-refractivity contribution in [2.45, 2.75) is 24.8 Å². The molecule has 2 N–H and O–H groups in total. The maximum absolute atomic E-state index is 12.6. The summed E-state index contributed by atoms with van der Waals surface area (Å²) in [6, 6.07) is 14.0. The van der Waals surface area contributed by atoms with Gasteiger partial charge in [0.2, 0.25) is 21.9 Å². The van der Waals surface area contributed by atoms with Crippen LogP contribution in [0.5, 0.6) is 0 Å². The molecule has 0 spiro atoms. The lowest BCUT2D eigenvalue weighted by molar-refractivity contribution is -0.117. The summed E-state index contributed by atoms with van der Waals surface area (Å²) in [5.74, 6) is 0.319. The minimum Gasteiger partial charge on any atom is -0.324 e. The number of nitrogens with zero attached hydrogens (tertiary/aromatic N) is 4. The van der Waals surface area contributed by atoms with E-state index in [0.29, 0.717) is 23.0 Å². The summed E-state index contributed by atoms with van der Waals surface area (Å²) in [6.45, 7) is 2.01. The SMILES string of the molecule is Cc1nc(CNS(=O)(=O)c2ccc(Nc3ncc4c(n3)-c3ccccc3N(C)C(=O)C4)cc2)cs1. The Morgan fingerprint density at radius 2 is 1.86 bits per heavy atom. The number of benzene rings is 2. The number of aryl methyl sites for hydroxylation is 1. The van der Waals surface area contributed by atoms with Crippen molar-refractivity contribution < 1.29 is 13.2 Å². The first-order valence-electron chi connectivity index (χ1n) is 10.8. The van der Waals surface area contributed by atoms with Crippen LogP contribution in [0.3, 0.4) is 0 Å². The van der Waals surface area contributed by atoms with Gasteiger partial charge in [-0.25, -0.2) is 28.1 Å². The highest BCUT2D eigenvalue weighted by molar-refractivity contribution is 7.89. The molecule has 5 rings (SSSR count). The molecule has 0 saturated carbocycles. The second-order valence-electron chi connectivity index (χ2n) is 8.05. The van der Waals surface area contributed by atoms with E-state index in [-0.39, 0.29) is 23.8 Å². The van der Waals surface area contributed by atoms with Crippen LogP contribution in [0.4, 0.5) is 17.3 Å². The summed E-state index contributed by atoms with van der Waals surface area (Å²) in [7, 11) is -1.93. The molecule has 2 aromatic carbocycles. The number of para-hydroxylation sites is 1. The molecule has 0 aliphatic carbocycles. The number of hydrogen-bond acceptors (Lipinski definition) is 8. The van der Waals surface area contributed by atoms with E-state index in [2.05, 4.69) is 25.0 Å². The highest BCUT2D eigenvalue weighted by Gasteiger charge is 2.24. The minimum absolute atomic E-state index is 0.0316. The van der Waals surface area contributed by atoms with Crippen molar-refractivity contribution in [2.75, 3.05) is 17.3 Å². The van der Waals surface area contributed by atoms with Crippen LogP contribution in [-0.4, -0.2) is 36.3 Å². The summed E-state index contributed by atoms with van der Waals surface area (Å²) in [6.07, 6.45) is 1.86. The number of amides is 1. The zero-order valence-electron chi connectivity index (χ0n) is 19.0. The molecule has 9 nitrogen and oxygen atoms in total. The third-order valence-corrected chi connectivity index (χ3v) is 7.87. The van der Waals surface area contributed by atoms with E-state index in [4.69, 9.17) is 0 Å². The van der Waals surface area contributed by atoms with E-state index in [0.717, 1.165) is 21.8 Å². The molecule has 1 aliphatic rings. The van der Waals surface area contributed by atoms with Crippen molar-refractivity contribution >= 4 is 44.6 Å². The topological polar surface area (TPSA) is 117 Å². The molecule has 0 radical (unpaired) electrons. The lowest BCUT2D eigenvalue weighted by Crippen LogP contribution is -2.26. The van der Waals surface area contributed by atoms with Crippen molar-refractivity contribution in [1.29, 1.82) is 0 Å². The quantitative estimate of drug-likeness (QED) is 0.410. The fraction of sp³-hybridized carbons (Fsp3) is 0.167. The first-order valence-corrected chi connectivity index (χ1v) is 13.2. The van der Waals surface area contributed by atoms with Gasteiger partial charge in [0.05, 0.1) is 39.9 Å². The molecule has 11 heteroatoms. The predicted octanol–water partition coefficient (Wildman–Crippen LogP) is 3.65. The van der Waals surface area contributed by atoms with Crippen molar-refractivity contribution in [1.82, 2.24) is 19.7 Å². The van der Waals surface area contributed by atoms with E-state index in [1.165, 1.54) is 23.5 Å². The number of carbonyl (C=O) groups is 1. The highest BCUT2D eigenvalue weighted by Crippen LogP contribution is 2.35. The molecule has 0 saturated heterocycles. The van der Waals surface area contributed by atoms with Gasteiger partial charge in [-0.3, -0.25) is 4.79 Å². The third kappa shape index (κ3) is 4.78. The number of carbonyl (C=O) groups excluding carboxylic acids is 1. The van der Waals surface area contributed by atoms with Gasteiger partial charge in [-0.15, -0.1) is 11.3 Å². The summed E-state index contributed by atoms with van der Waals surface area (Å²) in [4.78, 5) is 27.7. The molecule has 0 bridgehead atoms. The normalized spacial score (nSPS) is 13.2. The van der Waals surface area contributed by atoms with Gasteiger partial charge < -0.3 is 10.2 Å². The smallest absolute Gasteiger partial charge is 0.240 e. The monoisotopic (exact) mass is 506 g/mol. The second-order valence-corrected chi connectivity index (χ2v) is 10.9. The van der Waals surface area contributed by atoms with E-state index < -0.39 is 10.0 Å². The number of anilines is 3. The number of nitrogens with one attached hydrogen (secondary N) is 2. The van der Waals surface area contributed by atoms with Gasteiger partial charge in [0.25, 0.3) is 0 Å². The standard InChI is InChI=1S/C24H22N6O3S2/c1-15-27-18(14-34-15)13-26-35(32,33)19-9-7-17(8-10-19)28-24-25-12-16-11-22(31)30(2)21-6-4-3-5-20(21)23(16)29-24/h3-10,12,14,26H,11,13H2,1-2H3,(H,25,28,29). The van der Waals surface area contributed by atoms with Gasteiger partial charge in [-0.2, -0.15) is 0 Å². The number of sulfonamides is 1. The molecule has 0 unspecified atom stereocenters. The number of likely N-dealkylation sites (N-methyl/N-ethyl adjacent to an activating group) is 1. The van der Waals surface area contributed by atoms with Crippen LogP contribution in [0.2, 0.25) is 0 Å². The largest absolute Gasteiger partial charge is 0.324 e. The highest BCUT2D eigenvalue weighted by atomic mass is 32.2.